The minimum Gasteiger partial charge on any atom is -1.00 e. The number of hydrogen-bond acceptors (Lipinski definition) is 0. The van der Waals surface area contributed by atoms with E-state index in [0.717, 1.165) is 0 Å². The molecule has 0 aliphatic carbocycles. The molecule has 1 nitrogen and oxygen atoms in total. The molecule has 0 saturated carbocycles. The van der Waals surface area contributed by atoms with Crippen LogP contribution in [0.4, 0.5) is 0 Å². The van der Waals surface area contributed by atoms with Crippen LogP contribution in [0.1, 0.15) is 104 Å². The molecule has 1 fully saturated rings. The Bertz CT molecular complexity index is 218. The summed E-state index contributed by atoms with van der Waals surface area (Å²) in [5.74, 6) is 0. The second kappa shape index (κ2) is 14.8. The lowest BCUT2D eigenvalue weighted by atomic mass is 10.0. The predicted molar refractivity (Wildman–Crippen MR) is 95.7 cm³/mol. The van der Waals surface area contributed by atoms with E-state index < -0.39 is 0 Å². The first-order valence-electron chi connectivity index (χ1n) is 10.2. The zero-order valence-electron chi connectivity index (χ0n) is 15.6. The lowest BCUT2D eigenvalue weighted by Crippen LogP contribution is -3.00. The topological polar surface area (TPSA) is 0 Å². The molecular formula is C20H42ClN. The minimum absolute atomic E-state index is 0. The van der Waals surface area contributed by atoms with Gasteiger partial charge in [-0.3, -0.25) is 0 Å². The molecule has 0 bridgehead atoms. The second-order valence-electron chi connectivity index (χ2n) is 7.48. The van der Waals surface area contributed by atoms with Crippen molar-refractivity contribution in [3.8, 4) is 0 Å². The molecule has 0 atom stereocenters. The number of halogens is 1. The van der Waals surface area contributed by atoms with E-state index in [0.29, 0.717) is 0 Å². The summed E-state index contributed by atoms with van der Waals surface area (Å²) in [6.07, 6.45) is 20.5. The highest BCUT2D eigenvalue weighted by Crippen LogP contribution is 2.21. The molecule has 1 aliphatic heterocycles. The van der Waals surface area contributed by atoms with Crippen molar-refractivity contribution in [3.05, 3.63) is 0 Å². The summed E-state index contributed by atoms with van der Waals surface area (Å²) in [7, 11) is 0. The summed E-state index contributed by atoms with van der Waals surface area (Å²) >= 11 is 0. The number of hydrogen-bond donors (Lipinski definition) is 0. The average molecular weight is 332 g/mol. The maximum absolute atomic E-state index is 2.37. The van der Waals surface area contributed by atoms with E-state index in [-0.39, 0.29) is 12.4 Å². The molecule has 0 radical (unpaired) electrons. The lowest BCUT2D eigenvalue weighted by Gasteiger charge is -2.41. The lowest BCUT2D eigenvalue weighted by molar-refractivity contribution is -0.932. The fraction of sp³-hybridized carbons (Fsp3) is 1.00. The van der Waals surface area contributed by atoms with E-state index >= 15 is 0 Å². The van der Waals surface area contributed by atoms with Gasteiger partial charge in [-0.05, 0) is 38.5 Å². The number of unbranched alkanes of at least 4 members (excludes halogenated alkanes) is 9. The van der Waals surface area contributed by atoms with Gasteiger partial charge in [-0.25, -0.2) is 0 Å². The third kappa shape index (κ3) is 10.1. The van der Waals surface area contributed by atoms with Gasteiger partial charge in [-0.2, -0.15) is 0 Å². The summed E-state index contributed by atoms with van der Waals surface area (Å²) in [6.45, 7) is 10.5. The maximum Gasteiger partial charge on any atom is 0.0786 e. The molecule has 0 unspecified atom stereocenters. The Morgan fingerprint density at radius 2 is 1.05 bits per heavy atom. The molecule has 1 heterocycles. The molecule has 0 amide bonds. The molecule has 0 spiro atoms. The molecule has 134 valence electrons. The zero-order valence-corrected chi connectivity index (χ0v) is 16.3. The van der Waals surface area contributed by atoms with Crippen molar-refractivity contribution in [2.24, 2.45) is 0 Å². The van der Waals surface area contributed by atoms with E-state index in [9.17, 15) is 0 Å². The third-order valence-electron chi connectivity index (χ3n) is 5.45. The van der Waals surface area contributed by atoms with Crippen LogP contribution in [0, 0.1) is 0 Å². The Morgan fingerprint density at radius 1 is 0.545 bits per heavy atom. The van der Waals surface area contributed by atoms with Gasteiger partial charge in [0.15, 0.2) is 0 Å². The van der Waals surface area contributed by atoms with Crippen LogP contribution in [-0.4, -0.2) is 30.7 Å². The predicted octanol–water partition coefficient (Wildman–Crippen LogP) is 3.32. The Kier molecular flexibility index (Phi) is 15.0. The molecule has 0 N–H and O–H groups in total. The van der Waals surface area contributed by atoms with Crippen LogP contribution in [0.25, 0.3) is 0 Å². The molecule has 0 aromatic carbocycles. The summed E-state index contributed by atoms with van der Waals surface area (Å²) < 4.78 is 1.47. The molecule has 1 rings (SSSR count). The molecule has 0 aromatic heterocycles. The average Bonchev–Trinajstić information content (AvgIpc) is 2.50. The summed E-state index contributed by atoms with van der Waals surface area (Å²) in [4.78, 5) is 0. The van der Waals surface area contributed by atoms with Crippen molar-refractivity contribution < 1.29 is 16.9 Å². The van der Waals surface area contributed by atoms with Gasteiger partial charge in [0.1, 0.15) is 0 Å². The number of quaternary nitrogens is 1. The highest BCUT2D eigenvalue weighted by Gasteiger charge is 2.27. The van der Waals surface area contributed by atoms with E-state index in [1.54, 1.807) is 0 Å². The number of nitrogens with zero attached hydrogens (tertiary/aromatic N) is 1. The van der Waals surface area contributed by atoms with Crippen LogP contribution in [0.2, 0.25) is 0 Å². The SMILES string of the molecule is CCCCCCCCCCCC[N+]1(CCC)CCCCC1.[Cl-]. The van der Waals surface area contributed by atoms with Gasteiger partial charge in [-0.15, -0.1) is 0 Å². The first-order chi connectivity index (χ1) is 10.3. The van der Waals surface area contributed by atoms with E-state index in [4.69, 9.17) is 0 Å². The van der Waals surface area contributed by atoms with Crippen molar-refractivity contribution >= 4 is 0 Å². The fourth-order valence-electron chi connectivity index (χ4n) is 4.15. The van der Waals surface area contributed by atoms with Gasteiger partial charge >= 0.3 is 0 Å². The minimum atomic E-state index is 0. The smallest absolute Gasteiger partial charge is 0.0786 e. The largest absolute Gasteiger partial charge is 1.00 e. The molecule has 1 saturated heterocycles. The van der Waals surface area contributed by atoms with Gasteiger partial charge in [0, 0.05) is 0 Å². The summed E-state index contributed by atoms with van der Waals surface area (Å²) in [5.41, 5.74) is 0. The van der Waals surface area contributed by atoms with Gasteiger partial charge in [-0.1, -0.05) is 65.2 Å². The van der Waals surface area contributed by atoms with Gasteiger partial charge in [0.2, 0.25) is 0 Å². The Labute approximate surface area is 147 Å². The van der Waals surface area contributed by atoms with Crippen LogP contribution < -0.4 is 12.4 Å². The van der Waals surface area contributed by atoms with Crippen LogP contribution in [0.15, 0.2) is 0 Å². The number of likely N-dealkylation sites (tertiary alicyclic amines) is 1. The normalized spacial score (nSPS) is 17.2. The Morgan fingerprint density at radius 3 is 1.55 bits per heavy atom. The Balaban J connectivity index is 0.00000441. The highest BCUT2D eigenvalue weighted by atomic mass is 35.5. The fourth-order valence-corrected chi connectivity index (χ4v) is 4.15. The zero-order chi connectivity index (χ0) is 15.2. The molecule has 22 heavy (non-hydrogen) atoms. The number of piperidine rings is 1. The monoisotopic (exact) mass is 331 g/mol. The van der Waals surface area contributed by atoms with Crippen molar-refractivity contribution in [2.45, 2.75) is 104 Å². The molecule has 1 aliphatic rings. The molecular weight excluding hydrogens is 290 g/mol. The van der Waals surface area contributed by atoms with Crippen LogP contribution in [0.3, 0.4) is 0 Å². The summed E-state index contributed by atoms with van der Waals surface area (Å²) in [5, 5.41) is 0. The summed E-state index contributed by atoms with van der Waals surface area (Å²) in [6, 6.07) is 0. The third-order valence-corrected chi connectivity index (χ3v) is 5.45. The van der Waals surface area contributed by atoms with Crippen LogP contribution in [0.5, 0.6) is 0 Å². The van der Waals surface area contributed by atoms with Crippen molar-refractivity contribution in [1.29, 1.82) is 0 Å². The van der Waals surface area contributed by atoms with Crippen molar-refractivity contribution in [2.75, 3.05) is 26.2 Å². The Hall–Kier alpha value is 0.250. The highest BCUT2D eigenvalue weighted by molar-refractivity contribution is 4.55. The van der Waals surface area contributed by atoms with E-state index in [1.165, 1.54) is 121 Å². The van der Waals surface area contributed by atoms with Crippen LogP contribution in [-0.2, 0) is 0 Å². The van der Waals surface area contributed by atoms with E-state index in [1.807, 2.05) is 0 Å². The van der Waals surface area contributed by atoms with E-state index in [2.05, 4.69) is 13.8 Å². The van der Waals surface area contributed by atoms with Crippen molar-refractivity contribution in [1.82, 2.24) is 0 Å². The quantitative estimate of drug-likeness (QED) is 0.359. The first kappa shape index (κ1) is 22.2. The van der Waals surface area contributed by atoms with Crippen molar-refractivity contribution in [3.63, 3.8) is 0 Å². The maximum atomic E-state index is 2.37. The van der Waals surface area contributed by atoms with Crippen LogP contribution >= 0.6 is 0 Å². The number of rotatable bonds is 13. The van der Waals surface area contributed by atoms with Gasteiger partial charge in [0.25, 0.3) is 0 Å². The molecule has 0 aromatic rings. The molecule has 2 heteroatoms. The van der Waals surface area contributed by atoms with Gasteiger partial charge < -0.3 is 16.9 Å². The standard InChI is InChI=1S/C20H42N.ClH/c1-3-5-6-7-8-9-10-11-12-14-18-21(17-4-2)19-15-13-16-20-21;/h3-20H2,1-2H3;1H/q+1;/p-1. The first-order valence-corrected chi connectivity index (χ1v) is 10.2. The second-order valence-corrected chi connectivity index (χ2v) is 7.48. The van der Waals surface area contributed by atoms with Gasteiger partial charge in [0.05, 0.1) is 26.2 Å².